The molecule has 0 aliphatic heterocycles. The van der Waals surface area contributed by atoms with Gasteiger partial charge in [0.05, 0.1) is 5.56 Å². The smallest absolute Gasteiger partial charge is 0.336 e. The molecule has 0 aliphatic rings. The van der Waals surface area contributed by atoms with E-state index in [1.54, 1.807) is 26.0 Å². The molecule has 0 bridgehead atoms. The van der Waals surface area contributed by atoms with E-state index in [2.05, 4.69) is 0 Å². The Balaban J connectivity index is 3.28. The summed E-state index contributed by atoms with van der Waals surface area (Å²) in [5, 5.41) is 8.91. The number of carbonyl (C=O) groups excluding carboxylic acids is 1. The Morgan fingerprint density at radius 2 is 1.87 bits per heavy atom. The summed E-state index contributed by atoms with van der Waals surface area (Å²) in [7, 11) is 0. The van der Waals surface area contributed by atoms with Gasteiger partial charge in [0, 0.05) is 12.5 Å². The van der Waals surface area contributed by atoms with Crippen molar-refractivity contribution in [1.82, 2.24) is 0 Å². The topological polar surface area (TPSA) is 63.6 Å². The van der Waals surface area contributed by atoms with E-state index in [9.17, 15) is 9.59 Å². The largest absolute Gasteiger partial charge is 0.478 e. The third-order valence-electron chi connectivity index (χ3n) is 1.99. The van der Waals surface area contributed by atoms with E-state index in [1.807, 2.05) is 0 Å². The van der Waals surface area contributed by atoms with E-state index in [4.69, 9.17) is 9.84 Å². The fourth-order valence-electron chi connectivity index (χ4n) is 1.31. The summed E-state index contributed by atoms with van der Waals surface area (Å²) in [6.07, 6.45) is 0. The maximum Gasteiger partial charge on any atom is 0.336 e. The normalized spacial score (nSPS) is 9.80. The summed E-state index contributed by atoms with van der Waals surface area (Å²) in [5.74, 6) is -1.18. The molecule has 0 aliphatic carbocycles. The molecule has 0 saturated heterocycles. The lowest BCUT2D eigenvalue weighted by Crippen LogP contribution is -2.07. The standard InChI is InChI=1S/C11H12O4/c1-6-4-9(11(13)14)7(2)10(5-6)15-8(3)12/h4-5H,1-3H3,(H,13,14). The van der Waals surface area contributed by atoms with Gasteiger partial charge in [-0.15, -0.1) is 0 Å². The third-order valence-corrected chi connectivity index (χ3v) is 1.99. The molecule has 1 aromatic carbocycles. The number of carboxylic acid groups (broad SMARTS) is 1. The first-order valence-electron chi connectivity index (χ1n) is 4.44. The summed E-state index contributed by atoms with van der Waals surface area (Å²) in [4.78, 5) is 21.7. The molecule has 15 heavy (non-hydrogen) atoms. The van der Waals surface area contributed by atoms with Gasteiger partial charge in [-0.25, -0.2) is 4.79 Å². The van der Waals surface area contributed by atoms with Crippen molar-refractivity contribution in [2.45, 2.75) is 20.8 Å². The molecule has 1 N–H and O–H groups in total. The van der Waals surface area contributed by atoms with Crippen LogP contribution in [0.4, 0.5) is 0 Å². The van der Waals surface area contributed by atoms with Crippen LogP contribution in [0, 0.1) is 13.8 Å². The van der Waals surface area contributed by atoms with Gasteiger partial charge in [0.15, 0.2) is 0 Å². The highest BCUT2D eigenvalue weighted by molar-refractivity contribution is 5.90. The molecular weight excluding hydrogens is 196 g/mol. The van der Waals surface area contributed by atoms with E-state index in [0.29, 0.717) is 11.3 Å². The Hall–Kier alpha value is -1.84. The van der Waals surface area contributed by atoms with Crippen LogP contribution in [-0.4, -0.2) is 17.0 Å². The van der Waals surface area contributed by atoms with Crippen LogP contribution in [0.15, 0.2) is 12.1 Å². The molecule has 0 fully saturated rings. The van der Waals surface area contributed by atoms with Crippen molar-refractivity contribution in [2.75, 3.05) is 0 Å². The van der Waals surface area contributed by atoms with Gasteiger partial charge in [-0.1, -0.05) is 0 Å². The number of aromatic carboxylic acids is 1. The lowest BCUT2D eigenvalue weighted by molar-refractivity contribution is -0.131. The number of esters is 1. The predicted octanol–water partition coefficient (Wildman–Crippen LogP) is 1.93. The molecule has 0 heterocycles. The van der Waals surface area contributed by atoms with Gasteiger partial charge in [0.1, 0.15) is 5.75 Å². The molecule has 0 atom stereocenters. The highest BCUT2D eigenvalue weighted by Crippen LogP contribution is 2.24. The zero-order valence-corrected chi connectivity index (χ0v) is 8.83. The van der Waals surface area contributed by atoms with E-state index in [1.165, 1.54) is 6.92 Å². The van der Waals surface area contributed by atoms with Gasteiger partial charge in [0.25, 0.3) is 0 Å². The summed E-state index contributed by atoms with van der Waals surface area (Å²) < 4.78 is 4.91. The van der Waals surface area contributed by atoms with Crippen LogP contribution < -0.4 is 4.74 Å². The SMILES string of the molecule is CC(=O)Oc1cc(C)cc(C(=O)O)c1C. The molecule has 0 radical (unpaired) electrons. The second kappa shape index (κ2) is 4.13. The Morgan fingerprint density at radius 1 is 1.27 bits per heavy atom. The molecule has 1 aromatic rings. The number of rotatable bonds is 2. The number of benzene rings is 1. The minimum atomic E-state index is -1.02. The number of aryl methyl sites for hydroxylation is 1. The van der Waals surface area contributed by atoms with Crippen molar-refractivity contribution >= 4 is 11.9 Å². The van der Waals surface area contributed by atoms with Crippen LogP contribution in [0.3, 0.4) is 0 Å². The Labute approximate surface area is 87.5 Å². The minimum absolute atomic E-state index is 0.159. The van der Waals surface area contributed by atoms with Crippen LogP contribution >= 0.6 is 0 Å². The maximum atomic E-state index is 10.9. The van der Waals surface area contributed by atoms with E-state index >= 15 is 0 Å². The van der Waals surface area contributed by atoms with Crippen LogP contribution in [0.5, 0.6) is 5.75 Å². The van der Waals surface area contributed by atoms with Crippen molar-refractivity contribution in [2.24, 2.45) is 0 Å². The molecule has 0 unspecified atom stereocenters. The third kappa shape index (κ3) is 2.56. The van der Waals surface area contributed by atoms with Gasteiger partial charge in [-0.3, -0.25) is 4.79 Å². The molecule has 4 nitrogen and oxygen atoms in total. The fraction of sp³-hybridized carbons (Fsp3) is 0.273. The Kier molecular flexibility index (Phi) is 3.09. The molecule has 80 valence electrons. The van der Waals surface area contributed by atoms with Crippen molar-refractivity contribution in [3.8, 4) is 5.75 Å². The van der Waals surface area contributed by atoms with Gasteiger partial charge < -0.3 is 9.84 Å². The van der Waals surface area contributed by atoms with Gasteiger partial charge in [-0.2, -0.15) is 0 Å². The Bertz CT molecular complexity index is 421. The average Bonchev–Trinajstić information content (AvgIpc) is 2.09. The first-order valence-corrected chi connectivity index (χ1v) is 4.44. The van der Waals surface area contributed by atoms with Crippen molar-refractivity contribution in [3.63, 3.8) is 0 Å². The quantitative estimate of drug-likeness (QED) is 0.595. The first kappa shape index (κ1) is 11.2. The zero-order chi connectivity index (χ0) is 11.6. The highest BCUT2D eigenvalue weighted by atomic mass is 16.5. The van der Waals surface area contributed by atoms with E-state index < -0.39 is 11.9 Å². The van der Waals surface area contributed by atoms with Crippen molar-refractivity contribution < 1.29 is 19.4 Å². The van der Waals surface area contributed by atoms with Crippen LogP contribution in [0.25, 0.3) is 0 Å². The summed E-state index contributed by atoms with van der Waals surface area (Å²) in [6.45, 7) is 4.64. The van der Waals surface area contributed by atoms with Gasteiger partial charge in [-0.05, 0) is 31.5 Å². The summed E-state index contributed by atoms with van der Waals surface area (Å²) in [6, 6.07) is 3.19. The van der Waals surface area contributed by atoms with Gasteiger partial charge in [0.2, 0.25) is 0 Å². The fourth-order valence-corrected chi connectivity index (χ4v) is 1.31. The molecule has 0 aromatic heterocycles. The number of hydrogen-bond donors (Lipinski definition) is 1. The molecule has 0 amide bonds. The zero-order valence-electron chi connectivity index (χ0n) is 8.83. The predicted molar refractivity (Wildman–Crippen MR) is 54.2 cm³/mol. The van der Waals surface area contributed by atoms with Crippen LogP contribution in [-0.2, 0) is 4.79 Å². The summed E-state index contributed by atoms with van der Waals surface area (Å²) in [5.41, 5.74) is 1.36. The molecule has 0 spiro atoms. The highest BCUT2D eigenvalue weighted by Gasteiger charge is 2.13. The Morgan fingerprint density at radius 3 is 2.33 bits per heavy atom. The monoisotopic (exact) mass is 208 g/mol. The number of carbonyl (C=O) groups is 2. The summed E-state index contributed by atoms with van der Waals surface area (Å²) >= 11 is 0. The average molecular weight is 208 g/mol. The number of carboxylic acids is 1. The number of hydrogen-bond acceptors (Lipinski definition) is 3. The maximum absolute atomic E-state index is 10.9. The minimum Gasteiger partial charge on any atom is -0.478 e. The van der Waals surface area contributed by atoms with E-state index in [-0.39, 0.29) is 5.56 Å². The number of ether oxygens (including phenoxy) is 1. The lowest BCUT2D eigenvalue weighted by atomic mass is 10.0. The first-order chi connectivity index (χ1) is 6.91. The molecular formula is C11H12O4. The van der Waals surface area contributed by atoms with Crippen molar-refractivity contribution in [1.29, 1.82) is 0 Å². The lowest BCUT2D eigenvalue weighted by Gasteiger charge is -2.09. The molecule has 1 rings (SSSR count). The second-order valence-electron chi connectivity index (χ2n) is 3.33. The van der Waals surface area contributed by atoms with E-state index in [0.717, 1.165) is 5.56 Å². The molecule has 4 heteroatoms. The van der Waals surface area contributed by atoms with Gasteiger partial charge >= 0.3 is 11.9 Å². The van der Waals surface area contributed by atoms with Crippen LogP contribution in [0.1, 0.15) is 28.4 Å². The van der Waals surface area contributed by atoms with Crippen molar-refractivity contribution in [3.05, 3.63) is 28.8 Å². The molecule has 0 saturated carbocycles. The van der Waals surface area contributed by atoms with Crippen LogP contribution in [0.2, 0.25) is 0 Å². The second-order valence-corrected chi connectivity index (χ2v) is 3.33.